The van der Waals surface area contributed by atoms with Crippen LogP contribution in [0.15, 0.2) is 59.2 Å². The van der Waals surface area contributed by atoms with Crippen LogP contribution in [-0.2, 0) is 6.54 Å². The summed E-state index contributed by atoms with van der Waals surface area (Å²) >= 11 is 9.40. The zero-order valence-corrected chi connectivity index (χ0v) is 13.3. The number of anilines is 1. The second-order valence-electron chi connectivity index (χ2n) is 4.44. The maximum Gasteiger partial charge on any atom is 0.102 e. The van der Waals surface area contributed by atoms with Gasteiger partial charge < -0.3 is 5.32 Å². The average molecular weight is 364 g/mol. The molecule has 0 saturated heterocycles. The Balaban J connectivity index is 1.70. The highest BCUT2D eigenvalue weighted by Gasteiger charge is 2.04. The molecule has 0 spiro atoms. The van der Waals surface area contributed by atoms with Gasteiger partial charge in [0.05, 0.1) is 18.4 Å². The number of halogens is 2. The van der Waals surface area contributed by atoms with Crippen LogP contribution in [0.1, 0.15) is 5.69 Å². The van der Waals surface area contributed by atoms with Gasteiger partial charge in [-0.3, -0.25) is 0 Å². The molecule has 0 aliphatic rings. The quantitative estimate of drug-likeness (QED) is 0.751. The predicted octanol–water partition coefficient (Wildman–Crippen LogP) is 4.30. The third-order valence-electron chi connectivity index (χ3n) is 2.92. The fourth-order valence-corrected chi connectivity index (χ4v) is 2.70. The summed E-state index contributed by atoms with van der Waals surface area (Å²) in [6, 6.07) is 15.4. The van der Waals surface area contributed by atoms with E-state index in [2.05, 4.69) is 31.4 Å². The van der Waals surface area contributed by atoms with E-state index in [-0.39, 0.29) is 0 Å². The van der Waals surface area contributed by atoms with E-state index in [1.54, 1.807) is 11.0 Å². The highest BCUT2D eigenvalue weighted by Crippen LogP contribution is 2.26. The molecule has 0 amide bonds. The second-order valence-corrected chi connectivity index (χ2v) is 5.73. The first kappa shape index (κ1) is 14.1. The van der Waals surface area contributed by atoms with E-state index in [0.717, 1.165) is 21.5 Å². The Bertz CT molecular complexity index is 742. The first-order valence-corrected chi connectivity index (χ1v) is 7.55. The van der Waals surface area contributed by atoms with E-state index in [9.17, 15) is 0 Å². The number of nitrogens with zero attached hydrogens (tertiary/aromatic N) is 3. The summed E-state index contributed by atoms with van der Waals surface area (Å²) in [5, 5.41) is 12.7. The SMILES string of the molecule is Clc1ccc(NCc2cnn(-c3ccccc3)n2)c(Br)c1. The Kier molecular flexibility index (Phi) is 4.22. The molecule has 0 saturated carbocycles. The summed E-state index contributed by atoms with van der Waals surface area (Å²) in [4.78, 5) is 1.62. The maximum absolute atomic E-state index is 5.92. The summed E-state index contributed by atoms with van der Waals surface area (Å²) in [5.41, 5.74) is 2.77. The van der Waals surface area contributed by atoms with Gasteiger partial charge >= 0.3 is 0 Å². The molecule has 0 bridgehead atoms. The summed E-state index contributed by atoms with van der Waals surface area (Å²) in [7, 11) is 0. The number of rotatable bonds is 4. The lowest BCUT2D eigenvalue weighted by atomic mass is 10.3. The zero-order chi connectivity index (χ0) is 14.7. The monoisotopic (exact) mass is 362 g/mol. The van der Waals surface area contributed by atoms with Crippen LogP contribution in [0.3, 0.4) is 0 Å². The second kappa shape index (κ2) is 6.28. The van der Waals surface area contributed by atoms with Crippen molar-refractivity contribution in [1.82, 2.24) is 15.0 Å². The van der Waals surface area contributed by atoms with Gasteiger partial charge in [-0.1, -0.05) is 29.8 Å². The fourth-order valence-electron chi connectivity index (χ4n) is 1.88. The lowest BCUT2D eigenvalue weighted by Crippen LogP contribution is -2.03. The number of hydrogen-bond donors (Lipinski definition) is 1. The lowest BCUT2D eigenvalue weighted by molar-refractivity contribution is 0.740. The molecular formula is C15H12BrClN4. The van der Waals surface area contributed by atoms with E-state index in [1.165, 1.54) is 0 Å². The van der Waals surface area contributed by atoms with Crippen LogP contribution in [0.2, 0.25) is 5.02 Å². The molecule has 3 aromatic rings. The molecule has 1 heterocycles. The molecular weight excluding hydrogens is 352 g/mol. The van der Waals surface area contributed by atoms with E-state index < -0.39 is 0 Å². The Morgan fingerprint density at radius 3 is 2.71 bits per heavy atom. The topological polar surface area (TPSA) is 42.7 Å². The molecule has 0 aliphatic heterocycles. The minimum atomic E-state index is 0.590. The first-order chi connectivity index (χ1) is 10.2. The van der Waals surface area contributed by atoms with Crippen LogP contribution in [0.25, 0.3) is 5.69 Å². The molecule has 0 fully saturated rings. The average Bonchev–Trinajstić information content (AvgIpc) is 2.96. The van der Waals surface area contributed by atoms with Gasteiger partial charge in [0.2, 0.25) is 0 Å². The Labute approximate surface area is 135 Å². The summed E-state index contributed by atoms with van der Waals surface area (Å²) in [5.74, 6) is 0. The van der Waals surface area contributed by atoms with Gasteiger partial charge in [-0.15, -0.1) is 0 Å². The zero-order valence-electron chi connectivity index (χ0n) is 11.0. The van der Waals surface area contributed by atoms with Crippen LogP contribution in [0.5, 0.6) is 0 Å². The van der Waals surface area contributed by atoms with Crippen molar-refractivity contribution in [3.05, 3.63) is 69.9 Å². The third-order valence-corrected chi connectivity index (χ3v) is 3.81. The Morgan fingerprint density at radius 1 is 1.14 bits per heavy atom. The Morgan fingerprint density at radius 2 is 1.95 bits per heavy atom. The van der Waals surface area contributed by atoms with Gasteiger partial charge in [0, 0.05) is 15.2 Å². The van der Waals surface area contributed by atoms with Crippen LogP contribution < -0.4 is 5.32 Å². The lowest BCUT2D eigenvalue weighted by Gasteiger charge is -2.06. The number of hydrogen-bond acceptors (Lipinski definition) is 3. The van der Waals surface area contributed by atoms with Crippen molar-refractivity contribution in [2.75, 3.05) is 5.32 Å². The van der Waals surface area contributed by atoms with Crippen molar-refractivity contribution in [3.63, 3.8) is 0 Å². The number of para-hydroxylation sites is 1. The third kappa shape index (κ3) is 3.43. The van der Waals surface area contributed by atoms with Gasteiger partial charge in [0.1, 0.15) is 5.69 Å². The first-order valence-electron chi connectivity index (χ1n) is 6.38. The normalized spacial score (nSPS) is 10.6. The molecule has 0 atom stereocenters. The minimum absolute atomic E-state index is 0.590. The van der Waals surface area contributed by atoms with Crippen molar-refractivity contribution in [2.24, 2.45) is 0 Å². The summed E-state index contributed by atoms with van der Waals surface area (Å²) in [6.45, 7) is 0.590. The molecule has 21 heavy (non-hydrogen) atoms. The molecule has 3 rings (SSSR count). The molecule has 4 nitrogen and oxygen atoms in total. The highest BCUT2D eigenvalue weighted by molar-refractivity contribution is 9.10. The number of aromatic nitrogens is 3. The molecule has 6 heteroatoms. The summed E-state index contributed by atoms with van der Waals surface area (Å²) < 4.78 is 0.922. The highest BCUT2D eigenvalue weighted by atomic mass is 79.9. The number of nitrogens with one attached hydrogen (secondary N) is 1. The Hall–Kier alpha value is -1.85. The molecule has 0 unspecified atom stereocenters. The van der Waals surface area contributed by atoms with Crippen LogP contribution in [0, 0.1) is 0 Å². The summed E-state index contributed by atoms with van der Waals surface area (Å²) in [6.07, 6.45) is 1.75. The van der Waals surface area contributed by atoms with Gasteiger partial charge in [-0.25, -0.2) is 0 Å². The van der Waals surface area contributed by atoms with Crippen LogP contribution in [0.4, 0.5) is 5.69 Å². The van der Waals surface area contributed by atoms with Crippen molar-refractivity contribution in [2.45, 2.75) is 6.54 Å². The largest absolute Gasteiger partial charge is 0.378 e. The van der Waals surface area contributed by atoms with E-state index in [0.29, 0.717) is 11.6 Å². The van der Waals surface area contributed by atoms with Gasteiger partial charge in [-0.05, 0) is 46.3 Å². The molecule has 106 valence electrons. The van der Waals surface area contributed by atoms with Crippen molar-refractivity contribution in [3.8, 4) is 5.69 Å². The minimum Gasteiger partial charge on any atom is -0.378 e. The molecule has 2 aromatic carbocycles. The van der Waals surface area contributed by atoms with Crippen molar-refractivity contribution >= 4 is 33.2 Å². The standard InChI is InChI=1S/C15H12BrClN4/c16-14-8-11(17)6-7-15(14)18-9-12-10-19-21(20-12)13-4-2-1-3-5-13/h1-8,10,18H,9H2. The van der Waals surface area contributed by atoms with Gasteiger partial charge in [0.25, 0.3) is 0 Å². The number of benzene rings is 2. The van der Waals surface area contributed by atoms with E-state index >= 15 is 0 Å². The molecule has 1 N–H and O–H groups in total. The maximum atomic E-state index is 5.92. The molecule has 0 aliphatic carbocycles. The molecule has 0 radical (unpaired) electrons. The van der Waals surface area contributed by atoms with E-state index in [4.69, 9.17) is 11.6 Å². The van der Waals surface area contributed by atoms with Gasteiger partial charge in [-0.2, -0.15) is 15.0 Å². The van der Waals surface area contributed by atoms with Crippen LogP contribution >= 0.6 is 27.5 Å². The van der Waals surface area contributed by atoms with Crippen molar-refractivity contribution in [1.29, 1.82) is 0 Å². The van der Waals surface area contributed by atoms with Gasteiger partial charge in [0.15, 0.2) is 0 Å². The predicted molar refractivity (Wildman–Crippen MR) is 87.8 cm³/mol. The van der Waals surface area contributed by atoms with E-state index in [1.807, 2.05) is 48.5 Å². The molecule has 1 aromatic heterocycles. The van der Waals surface area contributed by atoms with Crippen LogP contribution in [-0.4, -0.2) is 15.0 Å². The fraction of sp³-hybridized carbons (Fsp3) is 0.0667. The van der Waals surface area contributed by atoms with Crippen molar-refractivity contribution < 1.29 is 0 Å². The smallest absolute Gasteiger partial charge is 0.102 e.